The van der Waals surface area contributed by atoms with Gasteiger partial charge in [0.2, 0.25) is 0 Å². The zero-order chi connectivity index (χ0) is 18.7. The first-order valence-electron chi connectivity index (χ1n) is 8.23. The normalized spacial score (nSPS) is 12.6. The minimum Gasteiger partial charge on any atom is -0.465 e. The van der Waals surface area contributed by atoms with E-state index < -0.39 is 23.3 Å². The molecule has 1 aromatic rings. The Bertz CT molecular complexity index is 579. The van der Waals surface area contributed by atoms with E-state index >= 15 is 0 Å². The molecule has 25 heavy (non-hydrogen) atoms. The Morgan fingerprint density at radius 3 is 2.20 bits per heavy atom. The lowest BCUT2D eigenvalue weighted by molar-refractivity contribution is -0.174. The molecule has 1 aromatic carbocycles. The molecule has 6 nitrogen and oxygen atoms in total. The smallest absolute Gasteiger partial charge is 0.324 e. The van der Waals surface area contributed by atoms with E-state index in [2.05, 4.69) is 11.7 Å². The predicted molar refractivity (Wildman–Crippen MR) is 94.4 cm³/mol. The average Bonchev–Trinajstić information content (AvgIpc) is 2.60. The van der Waals surface area contributed by atoms with E-state index in [1.807, 2.05) is 30.3 Å². The lowest BCUT2D eigenvalue weighted by Crippen LogP contribution is -2.49. The monoisotopic (exact) mass is 347 g/mol. The van der Waals surface area contributed by atoms with Gasteiger partial charge in [0.05, 0.1) is 13.2 Å². The number of carbonyl (C=O) groups excluding carboxylic acids is 2. The van der Waals surface area contributed by atoms with Crippen molar-refractivity contribution in [2.24, 2.45) is 16.5 Å². The third kappa shape index (κ3) is 4.92. The molecular weight excluding hydrogens is 322 g/mol. The van der Waals surface area contributed by atoms with Gasteiger partial charge in [0, 0.05) is 12.1 Å². The maximum absolute atomic E-state index is 12.8. The number of allylic oxidation sites excluding steroid dienone is 1. The minimum atomic E-state index is -1.66. The molecule has 0 aliphatic rings. The zero-order valence-electron chi connectivity index (χ0n) is 14.7. The van der Waals surface area contributed by atoms with Gasteiger partial charge in [-0.25, -0.2) is 0 Å². The Kier molecular flexibility index (Phi) is 8.39. The van der Waals surface area contributed by atoms with E-state index in [4.69, 9.17) is 14.7 Å². The Balaban J connectivity index is 3.41. The van der Waals surface area contributed by atoms with Gasteiger partial charge in [-0.1, -0.05) is 36.4 Å². The van der Waals surface area contributed by atoms with Gasteiger partial charge in [-0.3, -0.25) is 9.59 Å². The van der Waals surface area contributed by atoms with Gasteiger partial charge in [-0.05, 0) is 32.3 Å². The largest absolute Gasteiger partial charge is 0.465 e. The molecule has 0 saturated carbocycles. The fourth-order valence-electron chi connectivity index (χ4n) is 2.75. The molecule has 1 unspecified atom stereocenters. The summed E-state index contributed by atoms with van der Waals surface area (Å²) in [4.78, 5) is 25.5. The van der Waals surface area contributed by atoms with Crippen molar-refractivity contribution in [3.05, 3.63) is 48.6 Å². The molecule has 0 fully saturated rings. The topological polar surface area (TPSA) is 85.2 Å². The number of carbonyl (C=O) groups is 2. The second kappa shape index (κ2) is 10.3. The van der Waals surface area contributed by atoms with Crippen LogP contribution in [0.2, 0.25) is 0 Å². The molecule has 0 saturated heterocycles. The van der Waals surface area contributed by atoms with Gasteiger partial charge >= 0.3 is 11.9 Å². The fourth-order valence-corrected chi connectivity index (χ4v) is 2.75. The van der Waals surface area contributed by atoms with Crippen LogP contribution in [0.25, 0.3) is 0 Å². The van der Waals surface area contributed by atoms with Gasteiger partial charge in [0.25, 0.3) is 0 Å². The van der Waals surface area contributed by atoms with Crippen molar-refractivity contribution in [2.75, 3.05) is 13.2 Å². The molecule has 0 spiro atoms. The van der Waals surface area contributed by atoms with Gasteiger partial charge in [-0.2, -0.15) is 0 Å². The number of rotatable bonds is 10. The number of esters is 2. The first kappa shape index (κ1) is 20.4. The molecule has 6 heteroatoms. The SMILES string of the molecule is C=CCC(C(=O)OCC)(C(=O)OCC)C(/C=N/O)Cc1ccccc1. The highest BCUT2D eigenvalue weighted by molar-refractivity contribution is 6.03. The number of oxime groups is 1. The summed E-state index contributed by atoms with van der Waals surface area (Å²) in [6.45, 7) is 7.21. The second-order valence-electron chi connectivity index (χ2n) is 5.47. The Labute approximate surface area is 148 Å². The molecule has 0 bridgehead atoms. The second-order valence-corrected chi connectivity index (χ2v) is 5.47. The Morgan fingerprint density at radius 1 is 1.20 bits per heavy atom. The van der Waals surface area contributed by atoms with E-state index in [9.17, 15) is 9.59 Å². The van der Waals surface area contributed by atoms with E-state index in [-0.39, 0.29) is 19.6 Å². The van der Waals surface area contributed by atoms with E-state index in [1.165, 1.54) is 12.3 Å². The predicted octanol–water partition coefficient (Wildman–Crippen LogP) is 2.99. The molecule has 1 N–H and O–H groups in total. The van der Waals surface area contributed by atoms with Crippen molar-refractivity contribution >= 4 is 18.2 Å². The summed E-state index contributed by atoms with van der Waals surface area (Å²) >= 11 is 0. The summed E-state index contributed by atoms with van der Waals surface area (Å²) in [5, 5.41) is 12.2. The van der Waals surface area contributed by atoms with Gasteiger partial charge < -0.3 is 14.7 Å². The van der Waals surface area contributed by atoms with E-state index in [0.29, 0.717) is 6.42 Å². The van der Waals surface area contributed by atoms with Crippen LogP contribution in [0.4, 0.5) is 0 Å². The van der Waals surface area contributed by atoms with Crippen LogP contribution < -0.4 is 0 Å². The Morgan fingerprint density at radius 2 is 1.76 bits per heavy atom. The molecule has 0 amide bonds. The summed E-state index contributed by atoms with van der Waals surface area (Å²) in [7, 11) is 0. The lowest BCUT2D eigenvalue weighted by Gasteiger charge is -2.33. The van der Waals surface area contributed by atoms with Gasteiger partial charge in [-0.15, -0.1) is 11.7 Å². The lowest BCUT2D eigenvalue weighted by atomic mass is 9.70. The standard InChI is InChI=1S/C19H25NO5/c1-4-12-19(17(21)24-5-2,18(22)25-6-3)16(14-20-23)13-15-10-8-7-9-11-15/h4,7-11,14,16,23H,1,5-6,12-13H2,2-3H3/b20-14+. The van der Waals surface area contributed by atoms with E-state index in [0.717, 1.165) is 5.56 Å². The number of ether oxygens (including phenoxy) is 2. The Hall–Kier alpha value is -2.63. The number of hydrogen-bond donors (Lipinski definition) is 1. The maximum Gasteiger partial charge on any atom is 0.324 e. The molecule has 0 aromatic heterocycles. The molecule has 136 valence electrons. The van der Waals surface area contributed by atoms with Gasteiger partial charge in [0.15, 0.2) is 5.41 Å². The molecule has 0 radical (unpaired) electrons. The highest BCUT2D eigenvalue weighted by Gasteiger charge is 2.53. The molecule has 0 heterocycles. The van der Waals surface area contributed by atoms with Crippen LogP contribution in [-0.2, 0) is 25.5 Å². The number of nitrogens with zero attached hydrogens (tertiary/aromatic N) is 1. The number of hydrogen-bond acceptors (Lipinski definition) is 6. The highest BCUT2D eigenvalue weighted by atomic mass is 16.6. The van der Waals surface area contributed by atoms with Crippen LogP contribution in [0.1, 0.15) is 25.8 Å². The third-order valence-electron chi connectivity index (χ3n) is 3.92. The maximum atomic E-state index is 12.8. The van der Waals surface area contributed by atoms with Crippen LogP contribution in [-0.4, -0.2) is 36.6 Å². The summed E-state index contributed by atoms with van der Waals surface area (Å²) in [5.74, 6) is -2.18. The fraction of sp³-hybridized carbons (Fsp3) is 0.421. The van der Waals surface area contributed by atoms with E-state index in [1.54, 1.807) is 13.8 Å². The summed E-state index contributed by atoms with van der Waals surface area (Å²) in [5.41, 5.74) is -0.773. The van der Waals surface area contributed by atoms with Crippen molar-refractivity contribution in [3.8, 4) is 0 Å². The first-order chi connectivity index (χ1) is 12.1. The van der Waals surface area contributed by atoms with Crippen LogP contribution in [0.3, 0.4) is 0 Å². The van der Waals surface area contributed by atoms with Crippen LogP contribution >= 0.6 is 0 Å². The van der Waals surface area contributed by atoms with Crippen molar-refractivity contribution in [3.63, 3.8) is 0 Å². The van der Waals surface area contributed by atoms with Crippen molar-refractivity contribution in [1.82, 2.24) is 0 Å². The molecule has 0 aliphatic heterocycles. The van der Waals surface area contributed by atoms with Crippen molar-refractivity contribution < 1.29 is 24.3 Å². The van der Waals surface area contributed by atoms with Crippen LogP contribution in [0, 0.1) is 11.3 Å². The quantitative estimate of drug-likeness (QED) is 0.176. The molecule has 1 atom stereocenters. The summed E-state index contributed by atoms with van der Waals surface area (Å²) in [6.07, 6.45) is 2.96. The minimum absolute atomic E-state index is 0.00812. The summed E-state index contributed by atoms with van der Waals surface area (Å²) < 4.78 is 10.3. The molecule has 1 rings (SSSR count). The molecule has 0 aliphatic carbocycles. The van der Waals surface area contributed by atoms with Crippen LogP contribution in [0.5, 0.6) is 0 Å². The zero-order valence-corrected chi connectivity index (χ0v) is 14.7. The van der Waals surface area contributed by atoms with Crippen molar-refractivity contribution in [2.45, 2.75) is 26.7 Å². The van der Waals surface area contributed by atoms with Gasteiger partial charge in [0.1, 0.15) is 0 Å². The third-order valence-corrected chi connectivity index (χ3v) is 3.92. The number of benzene rings is 1. The summed E-state index contributed by atoms with van der Waals surface area (Å²) in [6, 6.07) is 9.31. The molecular formula is C19H25NO5. The van der Waals surface area contributed by atoms with Crippen LogP contribution in [0.15, 0.2) is 48.1 Å². The van der Waals surface area contributed by atoms with Crippen molar-refractivity contribution in [1.29, 1.82) is 0 Å². The first-order valence-corrected chi connectivity index (χ1v) is 8.23. The average molecular weight is 347 g/mol. The highest BCUT2D eigenvalue weighted by Crippen LogP contribution is 2.37.